The summed E-state index contributed by atoms with van der Waals surface area (Å²) in [6.45, 7) is 10.8. The van der Waals surface area contributed by atoms with Crippen LogP contribution in [0.3, 0.4) is 0 Å². The first-order valence-corrected chi connectivity index (χ1v) is 17.0. The third-order valence-electron chi connectivity index (χ3n) is 7.60. The van der Waals surface area contributed by atoms with Crippen molar-refractivity contribution in [2.24, 2.45) is 0 Å². The number of halogens is 1. The molecule has 0 aliphatic rings. The molecule has 0 aromatic heterocycles. The minimum atomic E-state index is -4.23. The first-order valence-electron chi connectivity index (χ1n) is 15.2. The molecule has 4 aromatic rings. The molecule has 0 saturated heterocycles. The lowest BCUT2D eigenvalue weighted by Gasteiger charge is -2.35. The fraction of sp³-hybridized carbons (Fsp3) is 0.297. The maximum absolute atomic E-state index is 14.7. The van der Waals surface area contributed by atoms with Crippen molar-refractivity contribution in [2.75, 3.05) is 10.8 Å². The lowest BCUT2D eigenvalue weighted by atomic mass is 10.0. The first-order chi connectivity index (χ1) is 21.7. The maximum atomic E-state index is 14.7. The van der Waals surface area contributed by atoms with Crippen LogP contribution in [0, 0.1) is 20.8 Å². The fourth-order valence-corrected chi connectivity index (χ4v) is 6.87. The summed E-state index contributed by atoms with van der Waals surface area (Å²) >= 11 is 6.47. The number of hydrogen-bond acceptors (Lipinski definition) is 4. The summed E-state index contributed by atoms with van der Waals surface area (Å²) in [5, 5.41) is 3.43. The summed E-state index contributed by atoms with van der Waals surface area (Å²) in [6, 6.07) is 27.7. The minimum Gasteiger partial charge on any atom is -0.350 e. The summed E-state index contributed by atoms with van der Waals surface area (Å²) in [5.41, 5.74) is 3.83. The third kappa shape index (κ3) is 8.77. The van der Waals surface area contributed by atoms with E-state index in [1.165, 1.54) is 17.0 Å². The summed E-state index contributed by atoms with van der Waals surface area (Å²) in [5.74, 6) is -0.856. The molecule has 0 fully saturated rings. The molecule has 1 atom stereocenters. The van der Waals surface area contributed by atoms with E-state index in [1.807, 2.05) is 89.2 Å². The van der Waals surface area contributed by atoms with Crippen molar-refractivity contribution in [2.45, 2.75) is 71.0 Å². The predicted octanol–water partition coefficient (Wildman–Crippen LogP) is 7.02. The van der Waals surface area contributed by atoms with E-state index in [1.54, 1.807) is 37.3 Å². The van der Waals surface area contributed by atoms with Crippen molar-refractivity contribution in [3.63, 3.8) is 0 Å². The van der Waals surface area contributed by atoms with Gasteiger partial charge < -0.3 is 10.2 Å². The van der Waals surface area contributed by atoms with Crippen molar-refractivity contribution in [3.8, 4) is 0 Å². The molecule has 0 unspecified atom stereocenters. The molecular formula is C37H42ClN3O4S. The molecule has 1 N–H and O–H groups in total. The van der Waals surface area contributed by atoms with Gasteiger partial charge in [-0.25, -0.2) is 8.42 Å². The number of nitrogens with zero attached hydrogens (tertiary/aromatic N) is 2. The number of sulfonamides is 1. The number of rotatable bonds is 11. The van der Waals surface area contributed by atoms with Crippen molar-refractivity contribution >= 4 is 39.1 Å². The molecule has 4 aromatic carbocycles. The number of carbonyl (C=O) groups is 2. The van der Waals surface area contributed by atoms with E-state index in [-0.39, 0.29) is 29.5 Å². The standard InChI is InChI=1S/C37H42ClN3O4S/c1-26-18-20-31(21-19-26)46(44,45)41(33-17-11-16-32(38)28(33)3)25-35(42)40(24-30-15-10-12-27(2)22-30)34(36(43)39-37(4,5)6)23-29-13-8-7-9-14-29/h7-22,34H,23-25H2,1-6H3,(H,39,43)/t34-/m1/s1. The monoisotopic (exact) mass is 659 g/mol. The van der Waals surface area contributed by atoms with Crippen LogP contribution in [0.5, 0.6) is 0 Å². The Kier molecular flexibility index (Phi) is 11.0. The summed E-state index contributed by atoms with van der Waals surface area (Å²) in [6.07, 6.45) is 0.237. The fourth-order valence-electron chi connectivity index (χ4n) is 5.23. The Bertz CT molecular complexity index is 1790. The van der Waals surface area contributed by atoms with Gasteiger partial charge in [0.15, 0.2) is 0 Å². The number of carbonyl (C=O) groups excluding carboxylic acids is 2. The molecule has 0 radical (unpaired) electrons. The second-order valence-electron chi connectivity index (χ2n) is 12.7. The van der Waals surface area contributed by atoms with Crippen molar-refractivity contribution in [1.82, 2.24) is 10.2 Å². The van der Waals surface area contributed by atoms with E-state index in [0.29, 0.717) is 10.6 Å². The molecular weight excluding hydrogens is 618 g/mol. The van der Waals surface area contributed by atoms with Crippen LogP contribution in [-0.2, 0) is 32.6 Å². The summed E-state index contributed by atoms with van der Waals surface area (Å²) in [4.78, 5) is 30.2. The Balaban J connectivity index is 1.85. The SMILES string of the molecule is Cc1ccc(S(=O)(=O)N(CC(=O)N(Cc2cccc(C)c2)[C@H](Cc2ccccc2)C(=O)NC(C)(C)C)c2cccc(Cl)c2C)cc1. The van der Waals surface area contributed by atoms with Gasteiger partial charge in [0.05, 0.1) is 10.6 Å². The Morgan fingerprint density at radius 2 is 1.43 bits per heavy atom. The number of nitrogens with one attached hydrogen (secondary N) is 1. The van der Waals surface area contributed by atoms with Gasteiger partial charge in [0.1, 0.15) is 12.6 Å². The van der Waals surface area contributed by atoms with Crippen LogP contribution in [0.15, 0.2) is 102 Å². The van der Waals surface area contributed by atoms with E-state index in [9.17, 15) is 18.0 Å². The van der Waals surface area contributed by atoms with Crippen LogP contribution in [0.1, 0.15) is 48.6 Å². The second-order valence-corrected chi connectivity index (χ2v) is 14.9. The Morgan fingerprint density at radius 1 is 0.804 bits per heavy atom. The molecule has 7 nitrogen and oxygen atoms in total. The van der Waals surface area contributed by atoms with Crippen molar-refractivity contribution in [3.05, 3.63) is 130 Å². The molecule has 4 rings (SSSR count). The zero-order valence-corrected chi connectivity index (χ0v) is 28.8. The van der Waals surface area contributed by atoms with E-state index < -0.39 is 34.1 Å². The molecule has 0 bridgehead atoms. The number of hydrogen-bond donors (Lipinski definition) is 1. The number of anilines is 1. The van der Waals surface area contributed by atoms with Gasteiger partial charge in [0, 0.05) is 23.5 Å². The number of amides is 2. The van der Waals surface area contributed by atoms with Crippen molar-refractivity contribution < 1.29 is 18.0 Å². The lowest BCUT2D eigenvalue weighted by molar-refractivity contribution is -0.140. The van der Waals surface area contributed by atoms with Gasteiger partial charge in [-0.2, -0.15) is 0 Å². The topological polar surface area (TPSA) is 86.8 Å². The van der Waals surface area contributed by atoms with Crippen molar-refractivity contribution in [1.29, 1.82) is 0 Å². The highest BCUT2D eigenvalue weighted by Gasteiger charge is 2.36. The van der Waals surface area contributed by atoms with Gasteiger partial charge in [-0.3, -0.25) is 13.9 Å². The molecule has 0 spiro atoms. The molecule has 2 amide bonds. The number of aryl methyl sites for hydroxylation is 2. The van der Waals surface area contributed by atoms with Gasteiger partial charge in [0.2, 0.25) is 11.8 Å². The normalized spacial score (nSPS) is 12.3. The zero-order valence-electron chi connectivity index (χ0n) is 27.2. The van der Waals surface area contributed by atoms with Gasteiger partial charge >= 0.3 is 0 Å². The lowest BCUT2D eigenvalue weighted by Crippen LogP contribution is -2.56. The van der Waals surface area contributed by atoms with Crippen LogP contribution in [-0.4, -0.2) is 43.3 Å². The van der Waals surface area contributed by atoms with E-state index in [4.69, 9.17) is 11.6 Å². The Labute approximate surface area is 278 Å². The molecule has 0 saturated carbocycles. The average Bonchev–Trinajstić information content (AvgIpc) is 2.99. The van der Waals surface area contributed by atoms with Gasteiger partial charge in [-0.1, -0.05) is 95.5 Å². The molecule has 0 heterocycles. The molecule has 242 valence electrons. The summed E-state index contributed by atoms with van der Waals surface area (Å²) in [7, 11) is -4.23. The molecule has 0 aliphatic carbocycles. The predicted molar refractivity (Wildman–Crippen MR) is 185 cm³/mol. The highest BCUT2D eigenvalue weighted by molar-refractivity contribution is 7.92. The quantitative estimate of drug-likeness (QED) is 0.188. The van der Waals surface area contributed by atoms with Crippen LogP contribution in [0.25, 0.3) is 0 Å². The van der Waals surface area contributed by atoms with Crippen LogP contribution >= 0.6 is 11.6 Å². The van der Waals surface area contributed by atoms with Gasteiger partial charge in [-0.15, -0.1) is 0 Å². The Morgan fingerprint density at radius 3 is 2.07 bits per heavy atom. The first kappa shape index (κ1) is 34.7. The van der Waals surface area contributed by atoms with Crippen LogP contribution in [0.4, 0.5) is 5.69 Å². The smallest absolute Gasteiger partial charge is 0.264 e. The highest BCUT2D eigenvalue weighted by Crippen LogP contribution is 2.31. The van der Waals surface area contributed by atoms with E-state index >= 15 is 0 Å². The van der Waals surface area contributed by atoms with Crippen LogP contribution in [0.2, 0.25) is 5.02 Å². The maximum Gasteiger partial charge on any atom is 0.264 e. The highest BCUT2D eigenvalue weighted by atomic mass is 35.5. The number of benzene rings is 4. The largest absolute Gasteiger partial charge is 0.350 e. The van der Waals surface area contributed by atoms with E-state index in [0.717, 1.165) is 26.6 Å². The average molecular weight is 660 g/mol. The minimum absolute atomic E-state index is 0.0434. The van der Waals surface area contributed by atoms with Gasteiger partial charge in [0.25, 0.3) is 10.0 Å². The second kappa shape index (κ2) is 14.5. The molecule has 9 heteroatoms. The summed E-state index contributed by atoms with van der Waals surface area (Å²) < 4.78 is 29.7. The molecule has 46 heavy (non-hydrogen) atoms. The van der Waals surface area contributed by atoms with Crippen LogP contribution < -0.4 is 9.62 Å². The third-order valence-corrected chi connectivity index (χ3v) is 9.78. The molecule has 0 aliphatic heterocycles. The Hall–Kier alpha value is -4.14. The van der Waals surface area contributed by atoms with E-state index in [2.05, 4.69) is 5.32 Å². The van der Waals surface area contributed by atoms with Gasteiger partial charge in [-0.05, 0) is 82.5 Å². The zero-order chi connectivity index (χ0) is 33.6.